The first-order chi connectivity index (χ1) is 16.1. The van der Waals surface area contributed by atoms with Crippen molar-refractivity contribution in [3.63, 3.8) is 0 Å². The van der Waals surface area contributed by atoms with Gasteiger partial charge in [0.2, 0.25) is 0 Å². The van der Waals surface area contributed by atoms with E-state index in [-0.39, 0.29) is 56.6 Å². The maximum Gasteiger partial charge on any atom is 0.311 e. The van der Waals surface area contributed by atoms with Gasteiger partial charge in [0.05, 0.1) is 12.5 Å². The molecule has 5 aliphatic carbocycles. The van der Waals surface area contributed by atoms with Gasteiger partial charge in [-0.15, -0.1) is 0 Å². The smallest absolute Gasteiger partial charge is 0.311 e. The van der Waals surface area contributed by atoms with Gasteiger partial charge in [-0.25, -0.2) is 0 Å². The van der Waals surface area contributed by atoms with Crippen molar-refractivity contribution in [3.05, 3.63) is 11.6 Å². The largest absolute Gasteiger partial charge is 0.469 e. The molecule has 4 saturated carbocycles. The van der Waals surface area contributed by atoms with Crippen molar-refractivity contribution in [2.45, 2.75) is 106 Å². The molecule has 4 fully saturated rings. The highest BCUT2D eigenvalue weighted by Crippen LogP contribution is 2.74. The maximum atomic E-state index is 14.3. The van der Waals surface area contributed by atoms with E-state index in [1.54, 1.807) is 0 Å². The number of fused-ring (bicyclic) bond motifs is 7. The fourth-order valence-corrected chi connectivity index (χ4v) is 10.4. The van der Waals surface area contributed by atoms with Crippen molar-refractivity contribution in [2.24, 2.45) is 50.2 Å². The van der Waals surface area contributed by atoms with E-state index in [1.807, 2.05) is 0 Å². The molecule has 0 aliphatic heterocycles. The molecule has 5 aliphatic rings. The number of ether oxygens (including phenoxy) is 1. The van der Waals surface area contributed by atoms with Gasteiger partial charge in [0.25, 0.3) is 0 Å². The molecule has 0 amide bonds. The highest BCUT2D eigenvalue weighted by molar-refractivity contribution is 5.96. The van der Waals surface area contributed by atoms with Gasteiger partial charge < -0.3 is 4.74 Å². The summed E-state index contributed by atoms with van der Waals surface area (Å²) in [5.41, 5.74) is 0.244. The molecule has 8 atom stereocenters. The Bertz CT molecular complexity index is 1020. The van der Waals surface area contributed by atoms with Gasteiger partial charge in [-0.2, -0.15) is 0 Å². The molecule has 0 aromatic rings. The number of methoxy groups -OCH3 is 1. The quantitative estimate of drug-likeness (QED) is 0.390. The lowest BCUT2D eigenvalue weighted by molar-refractivity contribution is -0.188. The molecule has 0 saturated heterocycles. The molecule has 0 aromatic heterocycles. The second-order valence-electron chi connectivity index (χ2n) is 14.9. The molecule has 5 rings (SSSR count). The standard InChI is InChI=1S/C31H46O4/c1-26(2)22-9-12-31(7)24(29(22,5)11-10-23(26)33)21(32)17-19-20-18-28(4,25(34)35-8)14-13-27(20,3)15-16-30(19,31)6/h17,20,22,24H,9-16,18H2,1-8H3/t20?,22?,24?,27?,28-,29?,30+,31?/m0/s1. The molecular formula is C31H46O4. The number of hydrogen-bond acceptors (Lipinski definition) is 4. The van der Waals surface area contributed by atoms with Crippen LogP contribution in [0.25, 0.3) is 0 Å². The fraction of sp³-hybridized carbons (Fsp3) is 0.839. The molecular weight excluding hydrogens is 436 g/mol. The van der Waals surface area contributed by atoms with Crippen LogP contribution >= 0.6 is 0 Å². The molecule has 0 N–H and O–H groups in total. The fourth-order valence-electron chi connectivity index (χ4n) is 10.4. The van der Waals surface area contributed by atoms with Gasteiger partial charge in [-0.1, -0.05) is 47.1 Å². The van der Waals surface area contributed by atoms with E-state index in [0.717, 1.165) is 51.4 Å². The molecule has 0 radical (unpaired) electrons. The number of rotatable bonds is 1. The zero-order valence-corrected chi connectivity index (χ0v) is 23.3. The van der Waals surface area contributed by atoms with Crippen LogP contribution < -0.4 is 0 Å². The minimum atomic E-state index is -0.490. The van der Waals surface area contributed by atoms with Crippen LogP contribution in [0.4, 0.5) is 0 Å². The van der Waals surface area contributed by atoms with Crippen molar-refractivity contribution in [1.29, 1.82) is 0 Å². The van der Waals surface area contributed by atoms with E-state index in [0.29, 0.717) is 12.2 Å². The summed E-state index contributed by atoms with van der Waals surface area (Å²) in [5.74, 6) is 0.980. The van der Waals surface area contributed by atoms with E-state index in [4.69, 9.17) is 4.74 Å². The first-order valence-electron chi connectivity index (χ1n) is 14.0. The summed E-state index contributed by atoms with van der Waals surface area (Å²) in [6, 6.07) is 0. The molecule has 194 valence electrons. The number of hydrogen-bond donors (Lipinski definition) is 0. The van der Waals surface area contributed by atoms with Crippen molar-refractivity contribution < 1.29 is 19.1 Å². The first-order valence-corrected chi connectivity index (χ1v) is 14.0. The van der Waals surface area contributed by atoms with Gasteiger partial charge in [-0.3, -0.25) is 14.4 Å². The Labute approximate surface area is 212 Å². The number of ketones is 2. The third kappa shape index (κ3) is 3.00. The maximum absolute atomic E-state index is 14.3. The van der Waals surface area contributed by atoms with Crippen LogP contribution in [0.15, 0.2) is 11.6 Å². The number of Topliss-reactive ketones (excluding diaryl/α,β-unsaturated/α-hetero) is 1. The van der Waals surface area contributed by atoms with Crippen LogP contribution in [0.3, 0.4) is 0 Å². The van der Waals surface area contributed by atoms with Gasteiger partial charge in [0.1, 0.15) is 5.78 Å². The summed E-state index contributed by atoms with van der Waals surface area (Å²) in [5, 5.41) is 0. The van der Waals surface area contributed by atoms with Crippen LogP contribution in [0, 0.1) is 50.2 Å². The molecule has 0 spiro atoms. The molecule has 6 unspecified atom stereocenters. The van der Waals surface area contributed by atoms with Crippen molar-refractivity contribution in [1.82, 2.24) is 0 Å². The monoisotopic (exact) mass is 482 g/mol. The van der Waals surface area contributed by atoms with Crippen LogP contribution in [0.1, 0.15) is 106 Å². The predicted octanol–water partition coefficient (Wildman–Crippen LogP) is 6.71. The molecule has 0 heterocycles. The molecule has 4 heteroatoms. The number of carbonyl (C=O) groups excluding carboxylic acids is 3. The van der Waals surface area contributed by atoms with E-state index >= 15 is 0 Å². The number of allylic oxidation sites excluding steroid dienone is 2. The topological polar surface area (TPSA) is 60.4 Å². The Morgan fingerprint density at radius 2 is 1.57 bits per heavy atom. The summed E-state index contributed by atoms with van der Waals surface area (Å²) in [7, 11) is 1.50. The Morgan fingerprint density at radius 1 is 0.914 bits per heavy atom. The van der Waals surface area contributed by atoms with Crippen molar-refractivity contribution in [3.8, 4) is 0 Å². The third-order valence-corrected chi connectivity index (χ3v) is 13.0. The van der Waals surface area contributed by atoms with Crippen LogP contribution in [0.5, 0.6) is 0 Å². The SMILES string of the molecule is COC(=O)[C@@]1(C)CCC2(C)CC[C@]3(C)C(=CC(=O)C4C5(C)CCC(=O)C(C)(C)C5CCC43C)C2C1. The molecule has 4 nitrogen and oxygen atoms in total. The lowest BCUT2D eigenvalue weighted by Crippen LogP contribution is -2.66. The second kappa shape index (κ2) is 7.32. The first kappa shape index (κ1) is 25.2. The Morgan fingerprint density at radius 3 is 2.23 bits per heavy atom. The van der Waals surface area contributed by atoms with Crippen molar-refractivity contribution in [2.75, 3.05) is 7.11 Å². The summed E-state index contributed by atoms with van der Waals surface area (Å²) in [6.45, 7) is 15.9. The van der Waals surface area contributed by atoms with Crippen LogP contribution in [-0.4, -0.2) is 24.6 Å². The summed E-state index contributed by atoms with van der Waals surface area (Å²) < 4.78 is 5.24. The van der Waals surface area contributed by atoms with Crippen molar-refractivity contribution >= 4 is 17.5 Å². The Kier molecular flexibility index (Phi) is 5.27. The lowest BCUT2D eigenvalue weighted by atomic mass is 9.33. The third-order valence-electron chi connectivity index (χ3n) is 13.0. The minimum absolute atomic E-state index is 0.0465. The van der Waals surface area contributed by atoms with E-state index in [9.17, 15) is 14.4 Å². The average molecular weight is 483 g/mol. The van der Waals surface area contributed by atoms with E-state index < -0.39 is 5.41 Å². The Hall–Kier alpha value is -1.45. The normalized spacial score (nSPS) is 50.7. The van der Waals surface area contributed by atoms with Gasteiger partial charge >= 0.3 is 5.97 Å². The number of esters is 1. The molecule has 0 bridgehead atoms. The minimum Gasteiger partial charge on any atom is -0.469 e. The zero-order valence-electron chi connectivity index (χ0n) is 23.3. The Balaban J connectivity index is 1.62. The van der Waals surface area contributed by atoms with E-state index in [1.165, 1.54) is 12.7 Å². The summed E-state index contributed by atoms with van der Waals surface area (Å²) in [6.07, 6.45) is 10.3. The van der Waals surface area contributed by atoms with Crippen LogP contribution in [-0.2, 0) is 19.1 Å². The average Bonchev–Trinajstić information content (AvgIpc) is 2.78. The van der Waals surface area contributed by atoms with E-state index in [2.05, 4.69) is 54.5 Å². The summed E-state index contributed by atoms with van der Waals surface area (Å²) >= 11 is 0. The molecule has 35 heavy (non-hydrogen) atoms. The highest BCUT2D eigenvalue weighted by Gasteiger charge is 2.70. The molecule has 0 aromatic carbocycles. The van der Waals surface area contributed by atoms with Gasteiger partial charge in [-0.05, 0) is 97.9 Å². The second-order valence-corrected chi connectivity index (χ2v) is 14.9. The highest BCUT2D eigenvalue weighted by atomic mass is 16.5. The lowest BCUT2D eigenvalue weighted by Gasteiger charge is -2.69. The van der Waals surface area contributed by atoms with Crippen LogP contribution in [0.2, 0.25) is 0 Å². The summed E-state index contributed by atoms with van der Waals surface area (Å²) in [4.78, 5) is 40.0. The zero-order chi connectivity index (χ0) is 25.8. The van der Waals surface area contributed by atoms with Gasteiger partial charge in [0, 0.05) is 17.8 Å². The predicted molar refractivity (Wildman–Crippen MR) is 136 cm³/mol. The number of carbonyl (C=O) groups is 3. The van der Waals surface area contributed by atoms with Gasteiger partial charge in [0.15, 0.2) is 5.78 Å².